The smallest absolute Gasteiger partial charge is 0.0602 e. The second-order valence-electron chi connectivity index (χ2n) is 5.97. The highest BCUT2D eigenvalue weighted by molar-refractivity contribution is 6.30. The summed E-state index contributed by atoms with van der Waals surface area (Å²) in [6.45, 7) is 5.00. The van der Waals surface area contributed by atoms with Gasteiger partial charge in [0.15, 0.2) is 0 Å². The van der Waals surface area contributed by atoms with Crippen molar-refractivity contribution in [2.45, 2.75) is 6.04 Å². The summed E-state index contributed by atoms with van der Waals surface area (Å²) in [6.07, 6.45) is 0. The van der Waals surface area contributed by atoms with Crippen LogP contribution in [0.4, 0.5) is 0 Å². The molecule has 1 atom stereocenters. The molecule has 2 aromatic rings. The number of aliphatic hydroxyl groups excluding tert-OH is 1. The van der Waals surface area contributed by atoms with Crippen LogP contribution in [-0.2, 0) is 0 Å². The van der Waals surface area contributed by atoms with Gasteiger partial charge in [-0.1, -0.05) is 54.1 Å². The highest BCUT2D eigenvalue weighted by Crippen LogP contribution is 2.30. The normalized spacial score (nSPS) is 16.6. The van der Waals surface area contributed by atoms with Gasteiger partial charge in [-0.25, -0.2) is 0 Å². The van der Waals surface area contributed by atoms with Crippen molar-refractivity contribution in [3.05, 3.63) is 70.7 Å². The maximum atomic E-state index is 9.11. The first kappa shape index (κ1) is 22.2. The standard InChI is InChI=1S/C19H23ClN2O.2ClH/c20-18-8-6-17(7-9-18)19(16-4-2-1-3-5-16)22-12-10-21(11-13-22)14-15-23;;/h1-9,19,23H,10-15H2;2*1H/t19-;;/m1../s1. The zero-order valence-electron chi connectivity index (χ0n) is 14.1. The third kappa shape index (κ3) is 5.85. The Morgan fingerprint density at radius 1 is 0.840 bits per heavy atom. The van der Waals surface area contributed by atoms with Crippen molar-refractivity contribution in [1.82, 2.24) is 9.80 Å². The predicted molar refractivity (Wildman–Crippen MR) is 109 cm³/mol. The lowest BCUT2D eigenvalue weighted by molar-refractivity contribution is 0.0945. The van der Waals surface area contributed by atoms with E-state index < -0.39 is 0 Å². The van der Waals surface area contributed by atoms with E-state index in [9.17, 15) is 0 Å². The second kappa shape index (κ2) is 11.0. The largest absolute Gasteiger partial charge is 0.395 e. The summed E-state index contributed by atoms with van der Waals surface area (Å²) in [4.78, 5) is 4.84. The molecule has 3 rings (SSSR count). The molecule has 1 heterocycles. The lowest BCUT2D eigenvalue weighted by atomic mass is 9.96. The number of hydrogen-bond acceptors (Lipinski definition) is 3. The van der Waals surface area contributed by atoms with Crippen LogP contribution in [0.1, 0.15) is 17.2 Å². The van der Waals surface area contributed by atoms with E-state index in [1.54, 1.807) is 0 Å². The van der Waals surface area contributed by atoms with Crippen LogP contribution in [0.25, 0.3) is 0 Å². The molecule has 3 nitrogen and oxygen atoms in total. The van der Waals surface area contributed by atoms with Gasteiger partial charge < -0.3 is 5.11 Å². The van der Waals surface area contributed by atoms with E-state index >= 15 is 0 Å². The van der Waals surface area contributed by atoms with E-state index in [0.29, 0.717) is 0 Å². The molecule has 0 saturated carbocycles. The first-order chi connectivity index (χ1) is 11.3. The van der Waals surface area contributed by atoms with Gasteiger partial charge in [0.2, 0.25) is 0 Å². The maximum absolute atomic E-state index is 9.11. The van der Waals surface area contributed by atoms with Crippen LogP contribution in [0.15, 0.2) is 54.6 Å². The highest BCUT2D eigenvalue weighted by Gasteiger charge is 2.26. The van der Waals surface area contributed by atoms with E-state index in [0.717, 1.165) is 37.7 Å². The quantitative estimate of drug-likeness (QED) is 0.820. The molecular formula is C19H25Cl3N2O. The number of nitrogens with zero attached hydrogens (tertiary/aromatic N) is 2. The lowest BCUT2D eigenvalue weighted by Crippen LogP contribution is -2.48. The van der Waals surface area contributed by atoms with E-state index in [1.165, 1.54) is 11.1 Å². The van der Waals surface area contributed by atoms with Crippen molar-refractivity contribution in [2.24, 2.45) is 0 Å². The van der Waals surface area contributed by atoms with Crippen LogP contribution < -0.4 is 0 Å². The first-order valence-corrected chi connectivity index (χ1v) is 8.53. The minimum absolute atomic E-state index is 0. The third-order valence-corrected chi connectivity index (χ3v) is 4.74. The maximum Gasteiger partial charge on any atom is 0.0602 e. The van der Waals surface area contributed by atoms with Crippen LogP contribution in [0.2, 0.25) is 5.02 Å². The molecule has 1 aliphatic rings. The average Bonchev–Trinajstić information content (AvgIpc) is 2.60. The number of β-amino-alcohol motifs (C(OH)–C–C–N with tert-alkyl or cyclic N) is 1. The van der Waals surface area contributed by atoms with Gasteiger partial charge in [-0.3, -0.25) is 9.80 Å². The fraction of sp³-hybridized carbons (Fsp3) is 0.368. The zero-order chi connectivity index (χ0) is 16.1. The molecule has 1 fully saturated rings. The van der Waals surface area contributed by atoms with E-state index in [-0.39, 0.29) is 37.5 Å². The molecule has 0 aromatic heterocycles. The van der Waals surface area contributed by atoms with Crippen LogP contribution in [-0.4, -0.2) is 54.2 Å². The number of piperazine rings is 1. The number of halogens is 3. The van der Waals surface area contributed by atoms with Gasteiger partial charge in [0, 0.05) is 37.7 Å². The Morgan fingerprint density at radius 2 is 1.40 bits per heavy atom. The first-order valence-electron chi connectivity index (χ1n) is 8.15. The van der Waals surface area contributed by atoms with Gasteiger partial charge >= 0.3 is 0 Å². The Balaban J connectivity index is 0.00000156. The molecular weight excluding hydrogens is 379 g/mol. The third-order valence-electron chi connectivity index (χ3n) is 4.49. The Bertz CT molecular complexity index is 602. The van der Waals surface area contributed by atoms with Crippen molar-refractivity contribution in [1.29, 1.82) is 0 Å². The molecule has 1 N–H and O–H groups in total. The zero-order valence-corrected chi connectivity index (χ0v) is 16.4. The summed E-state index contributed by atoms with van der Waals surface area (Å²) in [5, 5.41) is 9.88. The highest BCUT2D eigenvalue weighted by atomic mass is 35.5. The lowest BCUT2D eigenvalue weighted by Gasteiger charge is -2.39. The Labute approximate surface area is 167 Å². The molecule has 0 spiro atoms. The van der Waals surface area contributed by atoms with E-state index in [2.05, 4.69) is 52.3 Å². The van der Waals surface area contributed by atoms with Crippen molar-refractivity contribution >= 4 is 36.4 Å². The Morgan fingerprint density at radius 3 is 1.96 bits per heavy atom. The molecule has 2 aromatic carbocycles. The summed E-state index contributed by atoms with van der Waals surface area (Å²) in [7, 11) is 0. The number of rotatable bonds is 5. The number of hydrogen-bond donors (Lipinski definition) is 1. The molecule has 25 heavy (non-hydrogen) atoms. The summed E-state index contributed by atoms with van der Waals surface area (Å²) in [5.74, 6) is 0. The van der Waals surface area contributed by atoms with Gasteiger partial charge in [-0.15, -0.1) is 24.8 Å². The van der Waals surface area contributed by atoms with Crippen molar-refractivity contribution in [3.63, 3.8) is 0 Å². The SMILES string of the molecule is Cl.Cl.OCCN1CCN([C@H](c2ccccc2)c2ccc(Cl)cc2)CC1. The Kier molecular flexibility index (Phi) is 9.80. The molecule has 0 amide bonds. The van der Waals surface area contributed by atoms with Gasteiger partial charge in [0.1, 0.15) is 0 Å². The molecule has 0 aliphatic carbocycles. The molecule has 1 aliphatic heterocycles. The topological polar surface area (TPSA) is 26.7 Å². The van der Waals surface area contributed by atoms with Crippen molar-refractivity contribution in [3.8, 4) is 0 Å². The monoisotopic (exact) mass is 402 g/mol. The van der Waals surface area contributed by atoms with E-state index in [1.807, 2.05) is 12.1 Å². The summed E-state index contributed by atoms with van der Waals surface area (Å²) in [6, 6.07) is 19.1. The number of aliphatic hydroxyl groups is 1. The van der Waals surface area contributed by atoms with Crippen LogP contribution in [0.5, 0.6) is 0 Å². The van der Waals surface area contributed by atoms with E-state index in [4.69, 9.17) is 16.7 Å². The van der Waals surface area contributed by atoms with Gasteiger partial charge in [-0.05, 0) is 23.3 Å². The summed E-state index contributed by atoms with van der Waals surface area (Å²) < 4.78 is 0. The Hall–Kier alpha value is -0.810. The van der Waals surface area contributed by atoms with Crippen LogP contribution in [0, 0.1) is 0 Å². The van der Waals surface area contributed by atoms with Gasteiger partial charge in [-0.2, -0.15) is 0 Å². The molecule has 0 bridgehead atoms. The van der Waals surface area contributed by atoms with Gasteiger partial charge in [0.05, 0.1) is 12.6 Å². The molecule has 138 valence electrons. The molecule has 1 saturated heterocycles. The molecule has 0 radical (unpaired) electrons. The molecule has 6 heteroatoms. The molecule has 0 unspecified atom stereocenters. The predicted octanol–water partition coefficient (Wildman–Crippen LogP) is 3.88. The van der Waals surface area contributed by atoms with Crippen LogP contribution in [0.3, 0.4) is 0 Å². The van der Waals surface area contributed by atoms with Crippen molar-refractivity contribution < 1.29 is 5.11 Å². The van der Waals surface area contributed by atoms with Gasteiger partial charge in [0.25, 0.3) is 0 Å². The summed E-state index contributed by atoms with van der Waals surface area (Å²) >= 11 is 6.06. The van der Waals surface area contributed by atoms with Crippen LogP contribution >= 0.6 is 36.4 Å². The number of benzene rings is 2. The van der Waals surface area contributed by atoms with Crippen molar-refractivity contribution in [2.75, 3.05) is 39.3 Å². The fourth-order valence-corrected chi connectivity index (χ4v) is 3.41. The summed E-state index contributed by atoms with van der Waals surface area (Å²) in [5.41, 5.74) is 2.58. The second-order valence-corrected chi connectivity index (χ2v) is 6.40. The minimum atomic E-state index is 0. The average molecular weight is 404 g/mol. The minimum Gasteiger partial charge on any atom is -0.395 e. The fourth-order valence-electron chi connectivity index (χ4n) is 3.28.